The molecule has 0 bridgehead atoms. The van der Waals surface area contributed by atoms with Crippen molar-refractivity contribution in [2.24, 2.45) is 4.99 Å². The van der Waals surface area contributed by atoms with Crippen LogP contribution < -0.4 is 10.6 Å². The molecule has 2 fully saturated rings. The standard InChI is InChI=1S/C17H35N5O.HI/c1-3-21-10-12-22(13-11-21)9-5-4-8-19-17(18-2)20-15-16-7-6-14-23-16;/h16H,3-15H2,1-2H3,(H2,18,19,20);1H. The summed E-state index contributed by atoms with van der Waals surface area (Å²) in [5, 5.41) is 6.76. The maximum atomic E-state index is 5.62. The molecule has 0 aromatic rings. The molecule has 2 aliphatic rings. The molecule has 1 atom stereocenters. The summed E-state index contributed by atoms with van der Waals surface area (Å²) in [6, 6.07) is 0. The van der Waals surface area contributed by atoms with Crippen molar-refractivity contribution in [2.75, 3.05) is 66.0 Å². The molecule has 24 heavy (non-hydrogen) atoms. The zero-order valence-corrected chi connectivity index (χ0v) is 17.8. The molecule has 0 spiro atoms. The maximum absolute atomic E-state index is 5.62. The van der Waals surface area contributed by atoms with Gasteiger partial charge in [-0.1, -0.05) is 6.92 Å². The number of nitrogens with one attached hydrogen (secondary N) is 2. The molecule has 0 amide bonds. The van der Waals surface area contributed by atoms with Gasteiger partial charge in [-0.25, -0.2) is 0 Å². The number of aliphatic imine (C=N–C) groups is 1. The second-order valence-electron chi connectivity index (χ2n) is 6.50. The Kier molecular flexibility index (Phi) is 12.0. The monoisotopic (exact) mass is 453 g/mol. The predicted molar refractivity (Wildman–Crippen MR) is 112 cm³/mol. The first-order valence-corrected chi connectivity index (χ1v) is 9.32. The van der Waals surface area contributed by atoms with Gasteiger partial charge in [-0.15, -0.1) is 24.0 Å². The number of nitrogens with zero attached hydrogens (tertiary/aromatic N) is 3. The Hall–Kier alpha value is -0.120. The second-order valence-corrected chi connectivity index (χ2v) is 6.50. The third-order valence-corrected chi connectivity index (χ3v) is 4.85. The lowest BCUT2D eigenvalue weighted by Gasteiger charge is -2.34. The van der Waals surface area contributed by atoms with Crippen LogP contribution in [0.25, 0.3) is 0 Å². The van der Waals surface area contributed by atoms with Gasteiger partial charge in [0, 0.05) is 52.9 Å². The predicted octanol–water partition coefficient (Wildman–Crippen LogP) is 1.37. The van der Waals surface area contributed by atoms with Gasteiger partial charge in [0.25, 0.3) is 0 Å². The van der Waals surface area contributed by atoms with Gasteiger partial charge >= 0.3 is 0 Å². The molecule has 2 N–H and O–H groups in total. The van der Waals surface area contributed by atoms with Crippen LogP contribution in [-0.2, 0) is 4.74 Å². The van der Waals surface area contributed by atoms with Crippen molar-refractivity contribution in [3.63, 3.8) is 0 Å². The van der Waals surface area contributed by atoms with E-state index in [1.54, 1.807) is 0 Å². The van der Waals surface area contributed by atoms with E-state index < -0.39 is 0 Å². The Morgan fingerprint density at radius 2 is 1.88 bits per heavy atom. The van der Waals surface area contributed by atoms with E-state index in [-0.39, 0.29) is 24.0 Å². The molecule has 0 aromatic carbocycles. The van der Waals surface area contributed by atoms with E-state index in [4.69, 9.17) is 4.74 Å². The van der Waals surface area contributed by atoms with E-state index in [9.17, 15) is 0 Å². The average Bonchev–Trinajstić information content (AvgIpc) is 3.11. The highest BCUT2D eigenvalue weighted by atomic mass is 127. The highest BCUT2D eigenvalue weighted by molar-refractivity contribution is 14.0. The third-order valence-electron chi connectivity index (χ3n) is 4.85. The van der Waals surface area contributed by atoms with Crippen molar-refractivity contribution in [3.8, 4) is 0 Å². The van der Waals surface area contributed by atoms with Crippen molar-refractivity contribution in [3.05, 3.63) is 0 Å². The summed E-state index contributed by atoms with van der Waals surface area (Å²) in [6.07, 6.45) is 5.15. The van der Waals surface area contributed by atoms with E-state index >= 15 is 0 Å². The Labute approximate surface area is 164 Å². The number of likely N-dealkylation sites (N-methyl/N-ethyl adjacent to an activating group) is 1. The fourth-order valence-corrected chi connectivity index (χ4v) is 3.23. The summed E-state index contributed by atoms with van der Waals surface area (Å²) >= 11 is 0. The number of piperazine rings is 1. The summed E-state index contributed by atoms with van der Waals surface area (Å²) in [7, 11) is 1.83. The van der Waals surface area contributed by atoms with E-state index in [1.165, 1.54) is 58.5 Å². The number of hydrogen-bond donors (Lipinski definition) is 2. The van der Waals surface area contributed by atoms with Gasteiger partial charge in [0.2, 0.25) is 0 Å². The number of guanidine groups is 1. The molecule has 7 heteroatoms. The molecule has 0 radical (unpaired) electrons. The summed E-state index contributed by atoms with van der Waals surface area (Å²) in [5.41, 5.74) is 0. The van der Waals surface area contributed by atoms with Crippen molar-refractivity contribution in [1.82, 2.24) is 20.4 Å². The maximum Gasteiger partial charge on any atom is 0.191 e. The minimum absolute atomic E-state index is 0. The molecule has 0 aliphatic carbocycles. The summed E-state index contributed by atoms with van der Waals surface area (Å²) < 4.78 is 5.62. The first kappa shape index (κ1) is 21.9. The van der Waals surface area contributed by atoms with Crippen LogP contribution in [0.3, 0.4) is 0 Å². The molecule has 2 aliphatic heterocycles. The van der Waals surface area contributed by atoms with Crippen LogP contribution in [0, 0.1) is 0 Å². The molecular formula is C17H36IN5O. The summed E-state index contributed by atoms with van der Waals surface area (Å²) in [6.45, 7) is 12.3. The Bertz CT molecular complexity index is 342. The highest BCUT2D eigenvalue weighted by Gasteiger charge is 2.16. The summed E-state index contributed by atoms with van der Waals surface area (Å²) in [5.74, 6) is 0.900. The second kappa shape index (κ2) is 13.1. The molecule has 1 unspecified atom stereocenters. The minimum atomic E-state index is 0. The number of unbranched alkanes of at least 4 members (excludes halogenated alkanes) is 1. The Balaban J connectivity index is 0.00000288. The fraction of sp³-hybridized carbons (Fsp3) is 0.941. The lowest BCUT2D eigenvalue weighted by Crippen LogP contribution is -2.46. The van der Waals surface area contributed by atoms with Gasteiger partial charge in [-0.2, -0.15) is 0 Å². The van der Waals surface area contributed by atoms with Crippen LogP contribution in [0.2, 0.25) is 0 Å². The van der Waals surface area contributed by atoms with Crippen LogP contribution in [0.4, 0.5) is 0 Å². The van der Waals surface area contributed by atoms with Crippen LogP contribution in [0.1, 0.15) is 32.6 Å². The number of ether oxygens (including phenoxy) is 1. The largest absolute Gasteiger partial charge is 0.376 e. The Morgan fingerprint density at radius 1 is 1.12 bits per heavy atom. The van der Waals surface area contributed by atoms with Crippen LogP contribution in [0.5, 0.6) is 0 Å². The van der Waals surface area contributed by atoms with Crippen LogP contribution >= 0.6 is 24.0 Å². The molecule has 2 rings (SSSR count). The first-order valence-electron chi connectivity index (χ1n) is 9.32. The number of rotatable bonds is 8. The molecule has 2 saturated heterocycles. The molecule has 142 valence electrons. The van der Waals surface area contributed by atoms with E-state index in [2.05, 4.69) is 32.3 Å². The normalized spacial score (nSPS) is 23.1. The van der Waals surface area contributed by atoms with Crippen LogP contribution in [0.15, 0.2) is 4.99 Å². The van der Waals surface area contributed by atoms with Crippen LogP contribution in [-0.4, -0.2) is 87.9 Å². The lowest BCUT2D eigenvalue weighted by atomic mass is 10.2. The SMILES string of the molecule is CCN1CCN(CCCCNC(=NC)NCC2CCCO2)CC1.I. The highest BCUT2D eigenvalue weighted by Crippen LogP contribution is 2.10. The van der Waals surface area contributed by atoms with Crippen molar-refractivity contribution >= 4 is 29.9 Å². The van der Waals surface area contributed by atoms with Gasteiger partial charge in [-0.3, -0.25) is 4.99 Å². The lowest BCUT2D eigenvalue weighted by molar-refractivity contribution is 0.114. The van der Waals surface area contributed by atoms with Gasteiger partial charge in [-0.05, 0) is 38.8 Å². The van der Waals surface area contributed by atoms with Gasteiger partial charge in [0.1, 0.15) is 0 Å². The van der Waals surface area contributed by atoms with Gasteiger partial charge in [0.05, 0.1) is 6.10 Å². The minimum Gasteiger partial charge on any atom is -0.376 e. The number of halogens is 1. The molecule has 6 nitrogen and oxygen atoms in total. The van der Waals surface area contributed by atoms with E-state index in [0.29, 0.717) is 6.10 Å². The smallest absolute Gasteiger partial charge is 0.191 e. The van der Waals surface area contributed by atoms with Gasteiger partial charge in [0.15, 0.2) is 5.96 Å². The molecule has 0 saturated carbocycles. The molecule has 2 heterocycles. The van der Waals surface area contributed by atoms with Crippen molar-refractivity contribution < 1.29 is 4.74 Å². The topological polar surface area (TPSA) is 52.1 Å². The quantitative estimate of drug-likeness (QED) is 0.252. The number of hydrogen-bond acceptors (Lipinski definition) is 4. The van der Waals surface area contributed by atoms with E-state index in [1.807, 2.05) is 7.05 Å². The first-order chi connectivity index (χ1) is 11.3. The summed E-state index contributed by atoms with van der Waals surface area (Å²) in [4.78, 5) is 9.40. The molecular weight excluding hydrogens is 417 g/mol. The zero-order valence-electron chi connectivity index (χ0n) is 15.4. The van der Waals surface area contributed by atoms with Crippen molar-refractivity contribution in [2.45, 2.75) is 38.7 Å². The van der Waals surface area contributed by atoms with Crippen molar-refractivity contribution in [1.29, 1.82) is 0 Å². The zero-order chi connectivity index (χ0) is 16.3. The Morgan fingerprint density at radius 3 is 2.50 bits per heavy atom. The molecule has 0 aromatic heterocycles. The fourth-order valence-electron chi connectivity index (χ4n) is 3.23. The average molecular weight is 453 g/mol. The van der Waals surface area contributed by atoms with E-state index in [0.717, 1.165) is 32.1 Å². The van der Waals surface area contributed by atoms with Gasteiger partial charge < -0.3 is 25.2 Å². The third kappa shape index (κ3) is 8.31.